The first-order chi connectivity index (χ1) is 11.7. The summed E-state index contributed by atoms with van der Waals surface area (Å²) in [6, 6.07) is 9.75. The van der Waals surface area contributed by atoms with Crippen molar-refractivity contribution in [1.29, 1.82) is 5.26 Å². The van der Waals surface area contributed by atoms with Gasteiger partial charge >= 0.3 is 0 Å². The molecule has 1 aromatic carbocycles. The molecule has 0 radical (unpaired) electrons. The minimum absolute atomic E-state index is 0.0623. The van der Waals surface area contributed by atoms with Crippen molar-refractivity contribution in [3.63, 3.8) is 0 Å². The SMILES string of the molecule is CCOc1cccc(C2C(C#N)=C(N)Oc3n[nH]c(COC)c32)c1. The van der Waals surface area contributed by atoms with E-state index < -0.39 is 0 Å². The van der Waals surface area contributed by atoms with E-state index in [0.29, 0.717) is 24.7 Å². The number of ether oxygens (including phenoxy) is 3. The first-order valence-corrected chi connectivity index (χ1v) is 7.56. The summed E-state index contributed by atoms with van der Waals surface area (Å²) in [6.45, 7) is 2.81. The summed E-state index contributed by atoms with van der Waals surface area (Å²) in [7, 11) is 1.59. The van der Waals surface area contributed by atoms with Crippen LogP contribution in [0.2, 0.25) is 0 Å². The minimum Gasteiger partial charge on any atom is -0.494 e. The molecule has 1 atom stereocenters. The Labute approximate surface area is 139 Å². The molecule has 1 aliphatic heterocycles. The molecule has 7 nitrogen and oxygen atoms in total. The van der Waals surface area contributed by atoms with Crippen molar-refractivity contribution in [3.05, 3.63) is 52.5 Å². The van der Waals surface area contributed by atoms with Crippen molar-refractivity contribution < 1.29 is 14.2 Å². The van der Waals surface area contributed by atoms with Crippen LogP contribution in [-0.2, 0) is 11.3 Å². The van der Waals surface area contributed by atoms with Crippen LogP contribution in [0.15, 0.2) is 35.7 Å². The fraction of sp³-hybridized carbons (Fsp3) is 0.294. The number of fused-ring (bicyclic) bond motifs is 1. The van der Waals surface area contributed by atoms with Gasteiger partial charge in [0.25, 0.3) is 0 Å². The standard InChI is InChI=1S/C17H18N4O3/c1-3-23-11-6-4-5-10(7-11)14-12(8-18)16(19)24-17-15(14)13(9-22-2)20-21-17/h4-7,14H,3,9,19H2,1-2H3,(H,20,21). The quantitative estimate of drug-likeness (QED) is 0.872. The van der Waals surface area contributed by atoms with E-state index in [1.54, 1.807) is 7.11 Å². The summed E-state index contributed by atoms with van der Waals surface area (Å²) < 4.78 is 16.3. The van der Waals surface area contributed by atoms with Gasteiger partial charge in [0.05, 0.1) is 30.4 Å². The van der Waals surface area contributed by atoms with E-state index in [1.165, 1.54) is 0 Å². The Hall–Kier alpha value is -2.98. The molecule has 0 saturated carbocycles. The van der Waals surface area contributed by atoms with E-state index in [1.807, 2.05) is 31.2 Å². The number of nitrogens with zero attached hydrogens (tertiary/aromatic N) is 2. The first kappa shape index (κ1) is 15.9. The summed E-state index contributed by atoms with van der Waals surface area (Å²) in [4.78, 5) is 0. The molecule has 2 heterocycles. The fourth-order valence-corrected chi connectivity index (χ4v) is 2.85. The van der Waals surface area contributed by atoms with E-state index in [0.717, 1.165) is 22.6 Å². The number of nitriles is 1. The number of nitrogens with one attached hydrogen (secondary N) is 1. The van der Waals surface area contributed by atoms with Gasteiger partial charge in [0, 0.05) is 7.11 Å². The molecule has 24 heavy (non-hydrogen) atoms. The van der Waals surface area contributed by atoms with Crippen LogP contribution < -0.4 is 15.2 Å². The van der Waals surface area contributed by atoms with Gasteiger partial charge in [0.2, 0.25) is 11.8 Å². The number of rotatable bonds is 5. The Morgan fingerprint density at radius 2 is 2.29 bits per heavy atom. The molecule has 0 aliphatic carbocycles. The van der Waals surface area contributed by atoms with Gasteiger partial charge in [-0.15, -0.1) is 5.10 Å². The Bertz CT molecular complexity index is 819. The molecule has 0 bridgehead atoms. The summed E-state index contributed by atoms with van der Waals surface area (Å²) in [5.74, 6) is 0.774. The van der Waals surface area contributed by atoms with Gasteiger partial charge in [-0.05, 0) is 24.6 Å². The second-order valence-corrected chi connectivity index (χ2v) is 5.28. The smallest absolute Gasteiger partial charge is 0.244 e. The van der Waals surface area contributed by atoms with Gasteiger partial charge < -0.3 is 19.9 Å². The Kier molecular flexibility index (Phi) is 4.40. The molecule has 0 saturated heterocycles. The van der Waals surface area contributed by atoms with Crippen molar-refractivity contribution >= 4 is 0 Å². The number of methoxy groups -OCH3 is 1. The minimum atomic E-state index is -0.386. The van der Waals surface area contributed by atoms with Crippen molar-refractivity contribution in [2.75, 3.05) is 13.7 Å². The molecule has 2 aromatic rings. The van der Waals surface area contributed by atoms with Gasteiger partial charge in [-0.2, -0.15) is 5.26 Å². The molecular weight excluding hydrogens is 308 g/mol. The van der Waals surface area contributed by atoms with Crippen LogP contribution in [0, 0.1) is 11.3 Å². The highest BCUT2D eigenvalue weighted by Gasteiger charge is 2.35. The van der Waals surface area contributed by atoms with E-state index in [4.69, 9.17) is 19.9 Å². The average molecular weight is 326 g/mol. The zero-order valence-electron chi connectivity index (χ0n) is 13.5. The van der Waals surface area contributed by atoms with E-state index in [-0.39, 0.29) is 11.8 Å². The maximum Gasteiger partial charge on any atom is 0.244 e. The number of benzene rings is 1. The molecule has 0 spiro atoms. The number of aromatic amines is 1. The molecule has 3 N–H and O–H groups in total. The molecule has 1 aromatic heterocycles. The molecule has 0 fully saturated rings. The molecule has 0 amide bonds. The van der Waals surface area contributed by atoms with Crippen molar-refractivity contribution in [3.8, 4) is 17.7 Å². The van der Waals surface area contributed by atoms with E-state index in [2.05, 4.69) is 16.3 Å². The summed E-state index contributed by atoms with van der Waals surface area (Å²) >= 11 is 0. The normalized spacial score (nSPS) is 16.3. The van der Waals surface area contributed by atoms with Gasteiger partial charge in [0.15, 0.2) is 0 Å². The van der Waals surface area contributed by atoms with Crippen LogP contribution in [-0.4, -0.2) is 23.9 Å². The maximum atomic E-state index is 9.59. The Morgan fingerprint density at radius 3 is 3.00 bits per heavy atom. The molecular formula is C17H18N4O3. The number of allylic oxidation sites excluding steroid dienone is 1. The first-order valence-electron chi connectivity index (χ1n) is 7.56. The monoisotopic (exact) mass is 326 g/mol. The van der Waals surface area contributed by atoms with Gasteiger partial charge in [-0.25, -0.2) is 0 Å². The summed E-state index contributed by atoms with van der Waals surface area (Å²) in [6.07, 6.45) is 0. The Balaban J connectivity index is 2.15. The van der Waals surface area contributed by atoms with Crippen LogP contribution in [0.5, 0.6) is 11.6 Å². The highest BCUT2D eigenvalue weighted by Crippen LogP contribution is 2.43. The highest BCUT2D eigenvalue weighted by atomic mass is 16.5. The highest BCUT2D eigenvalue weighted by molar-refractivity contribution is 5.55. The van der Waals surface area contributed by atoms with Crippen molar-refractivity contribution in [2.45, 2.75) is 19.4 Å². The molecule has 7 heteroatoms. The lowest BCUT2D eigenvalue weighted by molar-refractivity contribution is 0.180. The van der Waals surface area contributed by atoms with Crippen molar-refractivity contribution in [1.82, 2.24) is 10.2 Å². The molecule has 1 aliphatic rings. The largest absolute Gasteiger partial charge is 0.494 e. The average Bonchev–Trinajstić information content (AvgIpc) is 2.97. The molecule has 3 rings (SSSR count). The van der Waals surface area contributed by atoms with Crippen LogP contribution >= 0.6 is 0 Å². The fourth-order valence-electron chi connectivity index (χ4n) is 2.85. The predicted molar refractivity (Wildman–Crippen MR) is 86.2 cm³/mol. The summed E-state index contributed by atoms with van der Waals surface area (Å²) in [5.41, 5.74) is 8.66. The third-order valence-corrected chi connectivity index (χ3v) is 3.81. The van der Waals surface area contributed by atoms with Gasteiger partial charge in [-0.3, -0.25) is 5.10 Å². The third kappa shape index (κ3) is 2.68. The van der Waals surface area contributed by atoms with Crippen LogP contribution in [0.25, 0.3) is 0 Å². The van der Waals surface area contributed by atoms with Crippen LogP contribution in [0.4, 0.5) is 0 Å². The molecule has 1 unspecified atom stereocenters. The van der Waals surface area contributed by atoms with Crippen molar-refractivity contribution in [2.24, 2.45) is 5.73 Å². The predicted octanol–water partition coefficient (Wildman–Crippen LogP) is 2.17. The zero-order chi connectivity index (χ0) is 17.1. The number of hydrogen-bond donors (Lipinski definition) is 2. The Morgan fingerprint density at radius 1 is 1.46 bits per heavy atom. The van der Waals surface area contributed by atoms with Crippen LogP contribution in [0.3, 0.4) is 0 Å². The number of hydrogen-bond acceptors (Lipinski definition) is 6. The lowest BCUT2D eigenvalue weighted by atomic mass is 9.84. The van der Waals surface area contributed by atoms with E-state index in [9.17, 15) is 5.26 Å². The maximum absolute atomic E-state index is 9.59. The number of H-pyrrole nitrogens is 1. The van der Waals surface area contributed by atoms with Crippen LogP contribution in [0.1, 0.15) is 29.7 Å². The van der Waals surface area contributed by atoms with Gasteiger partial charge in [-0.1, -0.05) is 12.1 Å². The van der Waals surface area contributed by atoms with E-state index >= 15 is 0 Å². The summed E-state index contributed by atoms with van der Waals surface area (Å²) in [5, 5.41) is 16.6. The second kappa shape index (κ2) is 6.64. The lowest BCUT2D eigenvalue weighted by Crippen LogP contribution is -2.21. The lowest BCUT2D eigenvalue weighted by Gasteiger charge is -2.24. The second-order valence-electron chi connectivity index (χ2n) is 5.28. The van der Waals surface area contributed by atoms with Gasteiger partial charge in [0.1, 0.15) is 17.4 Å². The number of nitrogens with two attached hydrogens (primary N) is 1. The topological polar surface area (TPSA) is 106 Å². The third-order valence-electron chi connectivity index (χ3n) is 3.81. The molecule has 124 valence electrons. The number of aromatic nitrogens is 2. The zero-order valence-corrected chi connectivity index (χ0v) is 13.5.